The van der Waals surface area contributed by atoms with Gasteiger partial charge in [0.2, 0.25) is 0 Å². The van der Waals surface area contributed by atoms with Crippen LogP contribution in [0.15, 0.2) is 36.5 Å². The van der Waals surface area contributed by atoms with Gasteiger partial charge in [-0.15, -0.1) is 0 Å². The summed E-state index contributed by atoms with van der Waals surface area (Å²) in [6.07, 6.45) is 5.72. The van der Waals surface area contributed by atoms with E-state index < -0.39 is 0 Å². The van der Waals surface area contributed by atoms with E-state index in [9.17, 15) is 0 Å². The minimum Gasteiger partial charge on any atom is -0.316 e. The van der Waals surface area contributed by atoms with Gasteiger partial charge in [0, 0.05) is 17.6 Å². The van der Waals surface area contributed by atoms with Crippen LogP contribution in [0.25, 0.3) is 10.9 Å². The molecular formula is C16H20N2. The number of nitrogens with zero attached hydrogens (tertiary/aromatic N) is 1. The van der Waals surface area contributed by atoms with Crippen molar-refractivity contribution in [2.75, 3.05) is 7.05 Å². The van der Waals surface area contributed by atoms with E-state index in [0.717, 1.165) is 11.9 Å². The number of pyridine rings is 1. The van der Waals surface area contributed by atoms with Gasteiger partial charge in [-0.05, 0) is 49.4 Å². The Bertz CT molecular complexity index is 553. The Morgan fingerprint density at radius 1 is 1.28 bits per heavy atom. The smallest absolute Gasteiger partial charge is 0.0704 e. The monoisotopic (exact) mass is 240 g/mol. The molecule has 18 heavy (non-hydrogen) atoms. The van der Waals surface area contributed by atoms with E-state index in [1.165, 1.54) is 23.8 Å². The van der Waals surface area contributed by atoms with Gasteiger partial charge in [0.1, 0.15) is 0 Å². The molecule has 1 aliphatic carbocycles. The van der Waals surface area contributed by atoms with Crippen molar-refractivity contribution < 1.29 is 0 Å². The van der Waals surface area contributed by atoms with Gasteiger partial charge >= 0.3 is 0 Å². The Kier molecular flexibility index (Phi) is 2.83. The Hall–Kier alpha value is -1.41. The van der Waals surface area contributed by atoms with E-state index in [2.05, 4.69) is 54.6 Å². The molecule has 0 spiro atoms. The predicted octanol–water partition coefficient (Wildman–Crippen LogP) is 3.17. The summed E-state index contributed by atoms with van der Waals surface area (Å²) in [6, 6.07) is 11.2. The van der Waals surface area contributed by atoms with Crippen molar-refractivity contribution in [3.05, 3.63) is 42.1 Å². The van der Waals surface area contributed by atoms with Gasteiger partial charge in [-0.2, -0.15) is 0 Å². The van der Waals surface area contributed by atoms with Gasteiger partial charge < -0.3 is 5.32 Å². The molecule has 1 heterocycles. The molecule has 0 bridgehead atoms. The van der Waals surface area contributed by atoms with Gasteiger partial charge in [0.15, 0.2) is 0 Å². The summed E-state index contributed by atoms with van der Waals surface area (Å²) in [7, 11) is 2.08. The average Bonchev–Trinajstić information content (AvgIpc) is 3.15. The van der Waals surface area contributed by atoms with E-state index in [1.54, 1.807) is 0 Å². The van der Waals surface area contributed by atoms with Crippen molar-refractivity contribution in [2.24, 2.45) is 5.41 Å². The highest BCUT2D eigenvalue weighted by Crippen LogP contribution is 2.49. The molecule has 1 aromatic carbocycles. The highest BCUT2D eigenvalue weighted by Gasteiger charge is 2.43. The van der Waals surface area contributed by atoms with Crippen LogP contribution in [0, 0.1) is 5.41 Å². The van der Waals surface area contributed by atoms with Crippen LogP contribution in [-0.2, 0) is 6.42 Å². The average molecular weight is 240 g/mol. The molecule has 0 amide bonds. The molecule has 0 aliphatic heterocycles. The summed E-state index contributed by atoms with van der Waals surface area (Å²) in [5, 5.41) is 4.79. The molecule has 1 aliphatic rings. The first kappa shape index (κ1) is 11.7. The number of hydrogen-bond donors (Lipinski definition) is 1. The minimum atomic E-state index is 0.499. The highest BCUT2D eigenvalue weighted by molar-refractivity contribution is 5.81. The van der Waals surface area contributed by atoms with Gasteiger partial charge in [0.05, 0.1) is 5.52 Å². The zero-order chi connectivity index (χ0) is 12.6. The van der Waals surface area contributed by atoms with Crippen molar-refractivity contribution in [2.45, 2.75) is 32.2 Å². The summed E-state index contributed by atoms with van der Waals surface area (Å²) in [4.78, 5) is 4.43. The number of rotatable bonds is 4. The third-order valence-electron chi connectivity index (χ3n) is 4.39. The fourth-order valence-corrected chi connectivity index (χ4v) is 2.80. The normalized spacial score (nSPS) is 18.8. The maximum Gasteiger partial charge on any atom is 0.0704 e. The van der Waals surface area contributed by atoms with Crippen LogP contribution in [0.2, 0.25) is 0 Å². The van der Waals surface area contributed by atoms with Gasteiger partial charge in [-0.3, -0.25) is 4.98 Å². The van der Waals surface area contributed by atoms with E-state index in [1.807, 2.05) is 6.20 Å². The number of nitrogens with one attached hydrogen (secondary N) is 1. The maximum atomic E-state index is 4.43. The van der Waals surface area contributed by atoms with Crippen molar-refractivity contribution in [3.8, 4) is 0 Å². The third kappa shape index (κ3) is 2.01. The van der Waals surface area contributed by atoms with Crippen LogP contribution in [0.1, 0.15) is 25.3 Å². The molecule has 0 saturated heterocycles. The highest BCUT2D eigenvalue weighted by atomic mass is 14.9. The van der Waals surface area contributed by atoms with E-state index >= 15 is 0 Å². The van der Waals surface area contributed by atoms with Crippen molar-refractivity contribution >= 4 is 10.9 Å². The number of para-hydroxylation sites is 1. The largest absolute Gasteiger partial charge is 0.316 e. The van der Waals surface area contributed by atoms with Crippen LogP contribution in [0.3, 0.4) is 0 Å². The second-order valence-electron chi connectivity index (χ2n) is 5.69. The van der Waals surface area contributed by atoms with Crippen LogP contribution in [-0.4, -0.2) is 18.1 Å². The summed E-state index contributed by atoms with van der Waals surface area (Å²) >= 11 is 0. The molecule has 1 fully saturated rings. The van der Waals surface area contributed by atoms with Gasteiger partial charge in [0.25, 0.3) is 0 Å². The number of likely N-dealkylation sites (N-methyl/N-ethyl adjacent to an activating group) is 1. The summed E-state index contributed by atoms with van der Waals surface area (Å²) in [5.41, 5.74) is 3.01. The molecule has 2 heteroatoms. The van der Waals surface area contributed by atoms with Crippen LogP contribution >= 0.6 is 0 Å². The molecule has 2 nitrogen and oxygen atoms in total. The second-order valence-corrected chi connectivity index (χ2v) is 5.69. The molecule has 3 rings (SSSR count). The fourth-order valence-electron chi connectivity index (χ4n) is 2.80. The first-order valence-electron chi connectivity index (χ1n) is 6.73. The molecular weight excluding hydrogens is 220 g/mol. The molecule has 1 atom stereocenters. The summed E-state index contributed by atoms with van der Waals surface area (Å²) in [6.45, 7) is 2.39. The number of aromatic nitrogens is 1. The van der Waals surface area contributed by atoms with Crippen LogP contribution in [0.5, 0.6) is 0 Å². The predicted molar refractivity (Wildman–Crippen MR) is 75.6 cm³/mol. The van der Waals surface area contributed by atoms with Gasteiger partial charge in [-0.25, -0.2) is 0 Å². The Labute approximate surface area is 108 Å². The minimum absolute atomic E-state index is 0.499. The van der Waals surface area contributed by atoms with Crippen LogP contribution in [0.4, 0.5) is 0 Å². The maximum absolute atomic E-state index is 4.43. The topological polar surface area (TPSA) is 24.9 Å². The third-order valence-corrected chi connectivity index (χ3v) is 4.39. The molecule has 94 valence electrons. The molecule has 1 saturated carbocycles. The first-order chi connectivity index (χ1) is 8.73. The summed E-state index contributed by atoms with van der Waals surface area (Å²) in [5.74, 6) is 0. The lowest BCUT2D eigenvalue weighted by molar-refractivity contribution is 0.377. The SMILES string of the molecule is CNC(Cc1ccnc2ccccc12)C1(C)CC1. The Morgan fingerprint density at radius 2 is 2.06 bits per heavy atom. The second kappa shape index (κ2) is 4.36. The molecule has 1 unspecified atom stereocenters. The van der Waals surface area contributed by atoms with Gasteiger partial charge in [-0.1, -0.05) is 25.1 Å². The molecule has 2 aromatic rings. The molecule has 0 radical (unpaired) electrons. The molecule has 1 aromatic heterocycles. The number of fused-ring (bicyclic) bond motifs is 1. The quantitative estimate of drug-likeness (QED) is 0.888. The van der Waals surface area contributed by atoms with Crippen molar-refractivity contribution in [1.82, 2.24) is 10.3 Å². The number of hydrogen-bond acceptors (Lipinski definition) is 2. The zero-order valence-corrected chi connectivity index (χ0v) is 11.1. The van der Waals surface area contributed by atoms with Crippen molar-refractivity contribution in [1.29, 1.82) is 0 Å². The first-order valence-corrected chi connectivity index (χ1v) is 6.73. The lowest BCUT2D eigenvalue weighted by atomic mass is 9.91. The molecule has 1 N–H and O–H groups in total. The lowest BCUT2D eigenvalue weighted by Gasteiger charge is -2.23. The summed E-state index contributed by atoms with van der Waals surface area (Å²) < 4.78 is 0. The zero-order valence-electron chi connectivity index (χ0n) is 11.1. The Balaban J connectivity index is 1.94. The standard InChI is InChI=1S/C16H20N2/c1-16(8-9-16)15(17-2)11-12-7-10-18-14-6-4-3-5-13(12)14/h3-7,10,15,17H,8-9,11H2,1-2H3. The van der Waals surface area contributed by atoms with E-state index in [0.29, 0.717) is 11.5 Å². The van der Waals surface area contributed by atoms with Crippen molar-refractivity contribution in [3.63, 3.8) is 0 Å². The van der Waals surface area contributed by atoms with Crippen LogP contribution < -0.4 is 5.32 Å². The fraction of sp³-hybridized carbons (Fsp3) is 0.438. The Morgan fingerprint density at radius 3 is 2.78 bits per heavy atom. The van der Waals surface area contributed by atoms with E-state index in [4.69, 9.17) is 0 Å². The number of benzene rings is 1. The van der Waals surface area contributed by atoms with E-state index in [-0.39, 0.29) is 0 Å². The lowest BCUT2D eigenvalue weighted by Crippen LogP contribution is -2.35.